The quantitative estimate of drug-likeness (QED) is 0.690. The molecular formula is C21H28N2O5. The van der Waals surface area contributed by atoms with Gasteiger partial charge in [-0.3, -0.25) is 4.79 Å². The van der Waals surface area contributed by atoms with E-state index >= 15 is 0 Å². The smallest absolute Gasteiger partial charge is 0.415 e. The summed E-state index contributed by atoms with van der Waals surface area (Å²) in [7, 11) is 3.05. The third-order valence-corrected chi connectivity index (χ3v) is 5.02. The molecule has 1 aromatic heterocycles. The van der Waals surface area contributed by atoms with E-state index in [2.05, 4.69) is 0 Å². The number of pyridine rings is 1. The van der Waals surface area contributed by atoms with Crippen molar-refractivity contribution in [2.45, 2.75) is 39.7 Å². The summed E-state index contributed by atoms with van der Waals surface area (Å²) < 4.78 is 18.0. The van der Waals surface area contributed by atoms with Gasteiger partial charge in [0.15, 0.2) is 17.2 Å². The number of rotatable bonds is 8. The molecule has 1 saturated carbocycles. The maximum absolute atomic E-state index is 12.8. The molecule has 2 aromatic rings. The summed E-state index contributed by atoms with van der Waals surface area (Å²) in [5.41, 5.74) is -0.165. The molecule has 7 heteroatoms. The lowest BCUT2D eigenvalue weighted by Gasteiger charge is -2.22. The zero-order valence-corrected chi connectivity index (χ0v) is 17.0. The largest absolute Gasteiger partial charge is 0.493 e. The van der Waals surface area contributed by atoms with Gasteiger partial charge >= 0.3 is 6.09 Å². The maximum Gasteiger partial charge on any atom is 0.415 e. The molecule has 152 valence electrons. The molecule has 1 aliphatic carbocycles. The third kappa shape index (κ3) is 4.08. The fourth-order valence-corrected chi connectivity index (χ4v) is 3.30. The van der Waals surface area contributed by atoms with E-state index in [0.717, 1.165) is 25.8 Å². The van der Waals surface area contributed by atoms with Gasteiger partial charge in [-0.05, 0) is 44.2 Å². The highest BCUT2D eigenvalue weighted by Gasteiger charge is 2.28. The number of nitrogens with zero attached hydrogens (tertiary/aromatic N) is 2. The molecule has 0 unspecified atom stereocenters. The van der Waals surface area contributed by atoms with Crippen molar-refractivity contribution >= 4 is 16.9 Å². The summed E-state index contributed by atoms with van der Waals surface area (Å²) in [4.78, 5) is 27.4. The standard InChI is InChI=1S/C21H28N2O5/c1-5-9-23(12-14-7-8-14)21(25)28-19-13-22(6-2)20(24)16-11-18(27-4)17(26-3)10-15(16)19/h10-11,13-14H,5-9,12H2,1-4H3. The highest BCUT2D eigenvalue weighted by molar-refractivity contribution is 5.92. The number of fused-ring (bicyclic) bond motifs is 1. The summed E-state index contributed by atoms with van der Waals surface area (Å²) in [6, 6.07) is 3.32. The Morgan fingerprint density at radius 3 is 2.29 bits per heavy atom. The number of amides is 1. The molecule has 3 rings (SSSR count). The molecule has 1 amide bonds. The second-order valence-electron chi connectivity index (χ2n) is 7.09. The van der Waals surface area contributed by atoms with Gasteiger partial charge in [0, 0.05) is 25.0 Å². The minimum absolute atomic E-state index is 0.165. The topological polar surface area (TPSA) is 70.0 Å². The highest BCUT2D eigenvalue weighted by atomic mass is 16.6. The minimum atomic E-state index is -0.383. The normalized spacial score (nSPS) is 13.4. The number of aryl methyl sites for hydroxylation is 1. The fraction of sp³-hybridized carbons (Fsp3) is 0.524. The molecule has 0 saturated heterocycles. The Morgan fingerprint density at radius 1 is 1.11 bits per heavy atom. The molecule has 1 aromatic carbocycles. The van der Waals surface area contributed by atoms with Gasteiger partial charge < -0.3 is 23.7 Å². The molecule has 7 nitrogen and oxygen atoms in total. The molecule has 0 bridgehead atoms. The summed E-state index contributed by atoms with van der Waals surface area (Å²) in [6.07, 6.45) is 4.39. The van der Waals surface area contributed by atoms with Gasteiger partial charge in [-0.15, -0.1) is 0 Å². The second kappa shape index (κ2) is 8.54. The molecule has 0 aliphatic heterocycles. The van der Waals surface area contributed by atoms with Gasteiger partial charge in [-0.25, -0.2) is 4.79 Å². The summed E-state index contributed by atoms with van der Waals surface area (Å²) in [5.74, 6) is 1.85. The van der Waals surface area contributed by atoms with Crippen LogP contribution in [-0.2, 0) is 6.54 Å². The third-order valence-electron chi connectivity index (χ3n) is 5.02. The SMILES string of the molecule is CCCN(CC1CC1)C(=O)Oc1cn(CC)c(=O)c2cc(OC)c(OC)cc12. The Balaban J connectivity index is 2.04. The molecule has 0 radical (unpaired) electrons. The van der Waals surface area contributed by atoms with Gasteiger partial charge in [0.25, 0.3) is 5.56 Å². The van der Waals surface area contributed by atoms with Gasteiger partial charge in [0.2, 0.25) is 0 Å². The first kappa shape index (κ1) is 20.0. The lowest BCUT2D eigenvalue weighted by molar-refractivity contribution is 0.150. The fourth-order valence-electron chi connectivity index (χ4n) is 3.30. The second-order valence-corrected chi connectivity index (χ2v) is 7.09. The number of benzene rings is 1. The lowest BCUT2D eigenvalue weighted by Crippen LogP contribution is -2.36. The first-order valence-electron chi connectivity index (χ1n) is 9.78. The van der Waals surface area contributed by atoms with Crippen molar-refractivity contribution in [1.29, 1.82) is 0 Å². The highest BCUT2D eigenvalue weighted by Crippen LogP contribution is 2.35. The van der Waals surface area contributed by atoms with Crippen LogP contribution in [0.2, 0.25) is 0 Å². The number of ether oxygens (including phenoxy) is 3. The van der Waals surface area contributed by atoms with Crippen molar-refractivity contribution < 1.29 is 19.0 Å². The van der Waals surface area contributed by atoms with Crippen LogP contribution >= 0.6 is 0 Å². The van der Waals surface area contributed by atoms with E-state index in [1.54, 1.807) is 23.2 Å². The van der Waals surface area contributed by atoms with E-state index in [1.165, 1.54) is 18.8 Å². The average molecular weight is 388 g/mol. The van der Waals surface area contributed by atoms with Gasteiger partial charge in [-0.1, -0.05) is 6.92 Å². The summed E-state index contributed by atoms with van der Waals surface area (Å²) in [5, 5.41) is 0.956. The van der Waals surface area contributed by atoms with E-state index < -0.39 is 0 Å². The zero-order valence-electron chi connectivity index (χ0n) is 17.0. The van der Waals surface area contributed by atoms with E-state index in [9.17, 15) is 9.59 Å². The van der Waals surface area contributed by atoms with Crippen LogP contribution in [-0.4, -0.2) is 42.9 Å². The average Bonchev–Trinajstić information content (AvgIpc) is 3.52. The molecule has 1 heterocycles. The van der Waals surface area contributed by atoms with Crippen LogP contribution in [0.15, 0.2) is 23.1 Å². The molecule has 0 atom stereocenters. The van der Waals surface area contributed by atoms with Crippen LogP contribution in [0.5, 0.6) is 17.2 Å². The number of hydrogen-bond donors (Lipinski definition) is 0. The zero-order chi connectivity index (χ0) is 20.3. The summed E-state index contributed by atoms with van der Waals surface area (Å²) in [6.45, 7) is 5.74. The van der Waals surface area contributed by atoms with Crippen molar-refractivity contribution in [2.24, 2.45) is 5.92 Å². The number of aromatic nitrogens is 1. The molecule has 1 fully saturated rings. The summed E-state index contributed by atoms with van der Waals surface area (Å²) >= 11 is 0. The van der Waals surface area contributed by atoms with Crippen LogP contribution in [0.4, 0.5) is 4.79 Å². The Bertz CT molecular complexity index is 917. The minimum Gasteiger partial charge on any atom is -0.493 e. The number of carbonyl (C=O) groups excluding carboxylic acids is 1. The predicted octanol–water partition coefficient (Wildman–Crippen LogP) is 3.66. The Morgan fingerprint density at radius 2 is 1.75 bits per heavy atom. The number of methoxy groups -OCH3 is 2. The van der Waals surface area contributed by atoms with Crippen molar-refractivity contribution in [1.82, 2.24) is 9.47 Å². The van der Waals surface area contributed by atoms with Crippen LogP contribution in [0.1, 0.15) is 33.1 Å². The Hall–Kier alpha value is -2.70. The first-order chi connectivity index (χ1) is 13.5. The first-order valence-corrected chi connectivity index (χ1v) is 9.78. The van der Waals surface area contributed by atoms with Crippen molar-refractivity contribution in [2.75, 3.05) is 27.3 Å². The van der Waals surface area contributed by atoms with E-state index in [-0.39, 0.29) is 11.7 Å². The van der Waals surface area contributed by atoms with E-state index in [0.29, 0.717) is 47.0 Å². The van der Waals surface area contributed by atoms with Crippen LogP contribution in [0.25, 0.3) is 10.8 Å². The van der Waals surface area contributed by atoms with Crippen molar-refractivity contribution in [3.63, 3.8) is 0 Å². The Labute approximate surface area is 164 Å². The van der Waals surface area contributed by atoms with Gasteiger partial charge in [0.1, 0.15) is 0 Å². The maximum atomic E-state index is 12.8. The monoisotopic (exact) mass is 388 g/mol. The number of hydrogen-bond acceptors (Lipinski definition) is 5. The van der Waals surface area contributed by atoms with Crippen molar-refractivity contribution in [3.8, 4) is 17.2 Å². The lowest BCUT2D eigenvalue weighted by atomic mass is 10.1. The van der Waals surface area contributed by atoms with Gasteiger partial charge in [-0.2, -0.15) is 0 Å². The number of carbonyl (C=O) groups is 1. The van der Waals surface area contributed by atoms with Crippen molar-refractivity contribution in [3.05, 3.63) is 28.7 Å². The molecule has 0 spiro atoms. The van der Waals surface area contributed by atoms with Crippen LogP contribution in [0.3, 0.4) is 0 Å². The predicted molar refractivity (Wildman–Crippen MR) is 108 cm³/mol. The van der Waals surface area contributed by atoms with Crippen LogP contribution in [0, 0.1) is 5.92 Å². The van der Waals surface area contributed by atoms with Crippen LogP contribution < -0.4 is 19.8 Å². The van der Waals surface area contributed by atoms with Gasteiger partial charge in [0.05, 0.1) is 25.8 Å². The molecule has 0 N–H and O–H groups in total. The molecule has 28 heavy (non-hydrogen) atoms. The Kier molecular flexibility index (Phi) is 6.11. The van der Waals surface area contributed by atoms with E-state index in [4.69, 9.17) is 14.2 Å². The molecule has 1 aliphatic rings. The molecular weight excluding hydrogens is 360 g/mol. The van der Waals surface area contributed by atoms with E-state index in [1.807, 2.05) is 13.8 Å².